The third kappa shape index (κ3) is 83.0. The number of nitrogens with zero attached hydrogens (tertiary/aromatic N) is 1. The number of unbranched alkanes of at least 4 members (excludes halogenated alkanes) is 40. The average molecular weight is 1400 g/mol. The van der Waals surface area contributed by atoms with Gasteiger partial charge < -0.3 is 18.9 Å². The first-order valence-electron chi connectivity index (χ1n) is 41.4. The predicted molar refractivity (Wildman–Crippen MR) is 431 cm³/mol. The van der Waals surface area contributed by atoms with Crippen LogP contribution in [0.2, 0.25) is 0 Å². The first-order chi connectivity index (χ1) is 48.5. The van der Waals surface area contributed by atoms with Gasteiger partial charge in [-0.3, -0.25) is 18.6 Å². The molecule has 0 aliphatic rings. The number of phosphoric acid groups is 1. The predicted octanol–water partition coefficient (Wildman–Crippen LogP) is 27.9. The second-order valence-electron chi connectivity index (χ2n) is 28.8. The van der Waals surface area contributed by atoms with Gasteiger partial charge in [-0.2, -0.15) is 0 Å². The van der Waals surface area contributed by atoms with E-state index in [0.717, 1.165) is 122 Å². The molecule has 0 radical (unpaired) electrons. The molecule has 0 bridgehead atoms. The Morgan fingerprint density at radius 3 is 0.859 bits per heavy atom. The van der Waals surface area contributed by atoms with Crippen LogP contribution in [0.4, 0.5) is 0 Å². The number of likely N-dealkylation sites (N-methyl/N-ethyl adjacent to an activating group) is 1. The zero-order chi connectivity index (χ0) is 71.8. The van der Waals surface area contributed by atoms with Gasteiger partial charge in [0.15, 0.2) is 6.10 Å². The molecule has 0 rings (SSSR count). The maximum atomic E-state index is 12.9. The van der Waals surface area contributed by atoms with Crippen molar-refractivity contribution in [1.29, 1.82) is 0 Å². The molecule has 0 aromatic carbocycles. The van der Waals surface area contributed by atoms with Crippen molar-refractivity contribution in [3.63, 3.8) is 0 Å². The van der Waals surface area contributed by atoms with Crippen LogP contribution in [0.1, 0.15) is 367 Å². The summed E-state index contributed by atoms with van der Waals surface area (Å²) in [5, 5.41) is 0. The SMILES string of the molecule is CC/C=C\C/C=C\C/C=C\C/C=C\C/C=C\C/C=C\C/C=C\C/C=C\C/C=C\C/C=C\C/C=C\CCCCCCCC(=O)OC(COC(=O)CCCCCCCCCCCCCCCCCCCCCCCCCCCCCCCCCCCCCC)COP(=O)(O)OCC[N+](C)(C)C. The quantitative estimate of drug-likeness (QED) is 0.0211. The van der Waals surface area contributed by atoms with E-state index in [1.165, 1.54) is 212 Å². The van der Waals surface area contributed by atoms with Crippen LogP contribution in [-0.2, 0) is 32.7 Å². The molecule has 99 heavy (non-hydrogen) atoms. The van der Waals surface area contributed by atoms with E-state index >= 15 is 0 Å². The fraction of sp³-hybridized carbons (Fsp3) is 0.730. The molecule has 0 fully saturated rings. The highest BCUT2D eigenvalue weighted by atomic mass is 31.2. The van der Waals surface area contributed by atoms with Crippen molar-refractivity contribution in [3.8, 4) is 0 Å². The summed E-state index contributed by atoms with van der Waals surface area (Å²) in [7, 11) is 1.46. The summed E-state index contributed by atoms with van der Waals surface area (Å²) < 4.78 is 34.8. The number of esters is 2. The number of allylic oxidation sites excluding steroid dienone is 22. The third-order valence-corrected chi connectivity index (χ3v) is 18.9. The Kier molecular flexibility index (Phi) is 75.2. The third-order valence-electron chi connectivity index (χ3n) is 17.9. The highest BCUT2D eigenvalue weighted by Crippen LogP contribution is 2.43. The van der Waals surface area contributed by atoms with Gasteiger partial charge in [-0.15, -0.1) is 0 Å². The Bertz CT molecular complexity index is 2140. The molecule has 9 nitrogen and oxygen atoms in total. The van der Waals surface area contributed by atoms with E-state index in [2.05, 4.69) is 148 Å². The fourth-order valence-electron chi connectivity index (χ4n) is 11.7. The van der Waals surface area contributed by atoms with E-state index < -0.39 is 26.5 Å². The van der Waals surface area contributed by atoms with Crippen molar-refractivity contribution in [2.24, 2.45) is 0 Å². The highest BCUT2D eigenvalue weighted by Gasteiger charge is 2.27. The number of rotatable bonds is 76. The van der Waals surface area contributed by atoms with Gasteiger partial charge in [-0.25, -0.2) is 4.57 Å². The summed E-state index contributed by atoms with van der Waals surface area (Å²) in [5.74, 6) is -0.813. The fourth-order valence-corrected chi connectivity index (χ4v) is 12.4. The molecular weight excluding hydrogens is 1240 g/mol. The van der Waals surface area contributed by atoms with Gasteiger partial charge in [-0.1, -0.05) is 392 Å². The largest absolute Gasteiger partial charge is 0.472 e. The maximum Gasteiger partial charge on any atom is 0.472 e. The van der Waals surface area contributed by atoms with E-state index in [1.54, 1.807) is 0 Å². The number of hydrogen-bond acceptors (Lipinski definition) is 7. The van der Waals surface area contributed by atoms with Crippen LogP contribution in [0.15, 0.2) is 134 Å². The molecule has 2 unspecified atom stereocenters. The minimum Gasteiger partial charge on any atom is -0.462 e. The lowest BCUT2D eigenvalue weighted by Gasteiger charge is -2.24. The Morgan fingerprint density at radius 1 is 0.323 bits per heavy atom. The standard InChI is InChI=1S/C89H156NO8P/c1-6-8-10-12-14-16-18-20-22-24-26-28-30-32-34-36-38-40-42-44-45-46-48-50-52-54-56-58-60-62-64-66-68-70-72-74-76-78-80-82-89(92)98-87(86-97-99(93,94)96-84-83-90(3,4)5)85-95-88(91)81-79-77-75-73-71-69-67-65-63-61-59-57-55-53-51-49-47-43-41-39-37-35-33-31-29-27-25-23-21-19-17-15-13-11-9-7-2/h8,10,14,16,20,22,26,28,32,34,38,40,44-45,48,50,54,56,60,62,66,68,87H,6-7,9,11-13,15,17-19,21,23-25,27,29-31,33,35-37,39,41-43,46-47,49,51-53,55,57-59,61,63-65,67,69-86H2,1-5H3/p+1/b10-8-,16-14-,22-20-,28-26-,34-32-,40-38-,45-44-,50-48-,56-54-,62-60-,68-66-. The average Bonchev–Trinajstić information content (AvgIpc) is 0.989. The molecule has 2 atom stereocenters. The minimum absolute atomic E-state index is 0.0227. The summed E-state index contributed by atoms with van der Waals surface area (Å²) in [6.45, 7) is 4.33. The zero-order valence-corrected chi connectivity index (χ0v) is 66.1. The van der Waals surface area contributed by atoms with Gasteiger partial charge >= 0.3 is 19.8 Å². The lowest BCUT2D eigenvalue weighted by Crippen LogP contribution is -2.37. The molecule has 0 aliphatic carbocycles. The van der Waals surface area contributed by atoms with Gasteiger partial charge in [0, 0.05) is 12.8 Å². The molecule has 0 saturated heterocycles. The molecule has 0 heterocycles. The first kappa shape index (κ1) is 95.2. The number of quaternary nitrogens is 1. The molecule has 1 N–H and O–H groups in total. The molecular formula is C89H157NO8P+. The van der Waals surface area contributed by atoms with Crippen molar-refractivity contribution in [1.82, 2.24) is 0 Å². The normalized spacial score (nSPS) is 13.7. The van der Waals surface area contributed by atoms with Gasteiger partial charge in [0.2, 0.25) is 0 Å². The molecule has 0 amide bonds. The summed E-state index contributed by atoms with van der Waals surface area (Å²) in [5.41, 5.74) is 0. The van der Waals surface area contributed by atoms with Crippen molar-refractivity contribution in [2.75, 3.05) is 47.5 Å². The van der Waals surface area contributed by atoms with Crippen LogP contribution >= 0.6 is 7.82 Å². The number of carbonyl (C=O) groups is 2. The van der Waals surface area contributed by atoms with Crippen LogP contribution in [0, 0.1) is 0 Å². The lowest BCUT2D eigenvalue weighted by atomic mass is 10.0. The van der Waals surface area contributed by atoms with Gasteiger partial charge in [0.25, 0.3) is 0 Å². The van der Waals surface area contributed by atoms with E-state index in [4.69, 9.17) is 18.5 Å². The molecule has 0 saturated carbocycles. The summed E-state index contributed by atoms with van der Waals surface area (Å²) in [4.78, 5) is 36.0. The van der Waals surface area contributed by atoms with Crippen LogP contribution in [0.25, 0.3) is 0 Å². The smallest absolute Gasteiger partial charge is 0.462 e. The molecule has 0 aromatic rings. The van der Waals surface area contributed by atoms with Crippen molar-refractivity contribution >= 4 is 19.8 Å². The second-order valence-corrected chi connectivity index (χ2v) is 30.2. The first-order valence-corrected chi connectivity index (χ1v) is 42.9. The van der Waals surface area contributed by atoms with E-state index in [9.17, 15) is 19.0 Å². The number of hydrogen-bond donors (Lipinski definition) is 1. The number of ether oxygens (including phenoxy) is 2. The Balaban J connectivity index is 4.03. The van der Waals surface area contributed by atoms with Crippen LogP contribution in [-0.4, -0.2) is 74.9 Å². The van der Waals surface area contributed by atoms with E-state index in [0.29, 0.717) is 17.4 Å². The summed E-state index contributed by atoms with van der Waals surface area (Å²) >= 11 is 0. The lowest BCUT2D eigenvalue weighted by molar-refractivity contribution is -0.870. The van der Waals surface area contributed by atoms with Crippen LogP contribution in [0.3, 0.4) is 0 Å². The minimum atomic E-state index is -4.41. The van der Waals surface area contributed by atoms with Crippen LogP contribution < -0.4 is 0 Å². The summed E-state index contributed by atoms with van der Waals surface area (Å²) in [6.07, 6.45) is 115. The van der Waals surface area contributed by atoms with E-state index in [-0.39, 0.29) is 32.0 Å². The molecule has 0 aliphatic heterocycles. The van der Waals surface area contributed by atoms with Crippen molar-refractivity contribution in [3.05, 3.63) is 134 Å². The molecule has 0 spiro atoms. The molecule has 570 valence electrons. The van der Waals surface area contributed by atoms with Gasteiger partial charge in [-0.05, 0) is 96.3 Å². The topological polar surface area (TPSA) is 108 Å². The summed E-state index contributed by atoms with van der Waals surface area (Å²) in [6, 6.07) is 0. The second kappa shape index (κ2) is 78.3. The Morgan fingerprint density at radius 2 is 0.576 bits per heavy atom. The Labute approximate surface area is 612 Å². The number of phosphoric ester groups is 1. The van der Waals surface area contributed by atoms with Crippen molar-refractivity contribution < 1.29 is 42.1 Å². The Hall–Kier alpha value is -3.85. The molecule has 10 heteroatoms. The van der Waals surface area contributed by atoms with Gasteiger partial charge in [0.1, 0.15) is 19.8 Å². The maximum absolute atomic E-state index is 12.9. The monoisotopic (exact) mass is 1400 g/mol. The van der Waals surface area contributed by atoms with Crippen molar-refractivity contribution in [2.45, 2.75) is 373 Å². The van der Waals surface area contributed by atoms with E-state index in [1.807, 2.05) is 21.1 Å². The van der Waals surface area contributed by atoms with Gasteiger partial charge in [0.05, 0.1) is 27.7 Å². The number of carbonyl (C=O) groups excluding carboxylic acids is 2. The highest BCUT2D eigenvalue weighted by molar-refractivity contribution is 7.47. The van der Waals surface area contributed by atoms with Crippen LogP contribution in [0.5, 0.6) is 0 Å². The zero-order valence-electron chi connectivity index (χ0n) is 65.2. The molecule has 0 aromatic heterocycles.